The van der Waals surface area contributed by atoms with E-state index in [2.05, 4.69) is 45.1 Å². The number of carbonyl (C=O) groups is 1. The summed E-state index contributed by atoms with van der Waals surface area (Å²) in [5.41, 5.74) is 5.61. The Balaban J connectivity index is 1.39. The molecule has 0 radical (unpaired) electrons. The lowest BCUT2D eigenvalue weighted by molar-refractivity contribution is 0.262. The molecule has 0 unspecified atom stereocenters. The van der Waals surface area contributed by atoms with Crippen molar-refractivity contribution in [3.63, 3.8) is 0 Å². The van der Waals surface area contributed by atoms with Crippen molar-refractivity contribution in [1.29, 1.82) is 0 Å². The molecule has 0 spiro atoms. The summed E-state index contributed by atoms with van der Waals surface area (Å²) < 4.78 is 0. The fraction of sp³-hybridized carbons (Fsp3) is 0.148. The van der Waals surface area contributed by atoms with Gasteiger partial charge in [-0.2, -0.15) is 0 Å². The first-order chi connectivity index (χ1) is 16.5. The quantitative estimate of drug-likeness (QED) is 0.248. The molecule has 0 fully saturated rings. The maximum atomic E-state index is 12.4. The molecule has 34 heavy (non-hydrogen) atoms. The molecule has 4 aromatic rings. The monoisotopic (exact) mass is 452 g/mol. The van der Waals surface area contributed by atoms with Gasteiger partial charge in [-0.1, -0.05) is 42.8 Å². The zero-order valence-corrected chi connectivity index (χ0v) is 19.5. The molecule has 0 aliphatic heterocycles. The fourth-order valence-electron chi connectivity index (χ4n) is 3.50. The third kappa shape index (κ3) is 6.10. The first kappa shape index (κ1) is 22.8. The lowest BCUT2D eigenvalue weighted by Crippen LogP contribution is -2.20. The highest BCUT2D eigenvalue weighted by molar-refractivity contribution is 6.00. The number of carbonyl (C=O) groups excluding carboxylic acids is 1. The van der Waals surface area contributed by atoms with Crippen LogP contribution in [-0.2, 0) is 6.42 Å². The number of hydrogen-bond acceptors (Lipinski definition) is 5. The molecule has 0 saturated carbocycles. The second-order valence-electron chi connectivity index (χ2n) is 7.97. The molecule has 7 heteroatoms. The van der Waals surface area contributed by atoms with Crippen LogP contribution in [0.25, 0.3) is 0 Å². The first-order valence-electron chi connectivity index (χ1n) is 11.2. The number of para-hydroxylation sites is 1. The topological polar surface area (TPSA) is 91.0 Å². The standard InChI is InChI=1S/C27H28N6O/c1-4-20-7-5-6-8-24(20)33-27(34)32-23-15-13-22(14-16-23)31-26-17-25(28-19(3)29-26)30-21-11-9-18(2)10-12-21/h5-17H,4H2,1-3H3,(H2,32,33,34)(H2,28,29,30,31). The average Bonchev–Trinajstić information content (AvgIpc) is 2.82. The van der Waals surface area contributed by atoms with E-state index in [0.717, 1.165) is 29.0 Å². The highest BCUT2D eigenvalue weighted by Gasteiger charge is 2.07. The van der Waals surface area contributed by atoms with E-state index in [1.165, 1.54) is 5.56 Å². The molecule has 0 bridgehead atoms. The zero-order chi connectivity index (χ0) is 23.9. The van der Waals surface area contributed by atoms with Gasteiger partial charge in [0.05, 0.1) is 0 Å². The fourth-order valence-corrected chi connectivity index (χ4v) is 3.50. The second kappa shape index (κ2) is 10.5. The van der Waals surface area contributed by atoms with Gasteiger partial charge in [0.1, 0.15) is 17.5 Å². The minimum absolute atomic E-state index is 0.278. The van der Waals surface area contributed by atoms with Gasteiger partial charge < -0.3 is 21.3 Å². The Hall–Kier alpha value is -4.39. The Bertz CT molecular complexity index is 1270. The molecule has 1 aromatic heterocycles. The van der Waals surface area contributed by atoms with E-state index in [1.807, 2.05) is 85.8 Å². The van der Waals surface area contributed by atoms with Gasteiger partial charge in [-0.15, -0.1) is 0 Å². The van der Waals surface area contributed by atoms with Gasteiger partial charge in [-0.3, -0.25) is 0 Å². The van der Waals surface area contributed by atoms with Crippen molar-refractivity contribution in [2.24, 2.45) is 0 Å². The molecule has 0 aliphatic rings. The summed E-state index contributed by atoms with van der Waals surface area (Å²) in [5, 5.41) is 12.4. The molecule has 172 valence electrons. The number of anilines is 6. The maximum Gasteiger partial charge on any atom is 0.323 e. The molecule has 0 atom stereocenters. The molecule has 0 aliphatic carbocycles. The van der Waals surface area contributed by atoms with Gasteiger partial charge in [0.25, 0.3) is 0 Å². The molecule has 4 rings (SSSR count). The highest BCUT2D eigenvalue weighted by Crippen LogP contribution is 2.22. The van der Waals surface area contributed by atoms with Crippen LogP contribution in [0.5, 0.6) is 0 Å². The van der Waals surface area contributed by atoms with Crippen LogP contribution in [0.2, 0.25) is 0 Å². The molecule has 1 heterocycles. The smallest absolute Gasteiger partial charge is 0.323 e. The number of aromatic nitrogens is 2. The summed E-state index contributed by atoms with van der Waals surface area (Å²) in [7, 11) is 0. The second-order valence-corrected chi connectivity index (χ2v) is 7.97. The molecule has 7 nitrogen and oxygen atoms in total. The van der Waals surface area contributed by atoms with Crippen LogP contribution in [0.1, 0.15) is 23.9 Å². The van der Waals surface area contributed by atoms with Gasteiger partial charge in [0.15, 0.2) is 0 Å². The van der Waals surface area contributed by atoms with E-state index in [9.17, 15) is 4.79 Å². The van der Waals surface area contributed by atoms with E-state index < -0.39 is 0 Å². The Morgan fingerprint density at radius 3 is 1.91 bits per heavy atom. The van der Waals surface area contributed by atoms with E-state index in [1.54, 1.807) is 0 Å². The molecule has 2 amide bonds. The van der Waals surface area contributed by atoms with Gasteiger partial charge in [0, 0.05) is 28.8 Å². The largest absolute Gasteiger partial charge is 0.340 e. The third-order valence-corrected chi connectivity index (χ3v) is 5.22. The van der Waals surface area contributed by atoms with Crippen LogP contribution >= 0.6 is 0 Å². The summed E-state index contributed by atoms with van der Waals surface area (Å²) in [4.78, 5) is 21.4. The lowest BCUT2D eigenvalue weighted by Gasteiger charge is -2.12. The first-order valence-corrected chi connectivity index (χ1v) is 11.2. The summed E-state index contributed by atoms with van der Waals surface area (Å²) >= 11 is 0. The number of urea groups is 1. The molecular formula is C27H28N6O. The summed E-state index contributed by atoms with van der Waals surface area (Å²) in [6, 6.07) is 25.0. The predicted molar refractivity (Wildman–Crippen MR) is 139 cm³/mol. The van der Waals surface area contributed by atoms with Crippen molar-refractivity contribution in [1.82, 2.24) is 9.97 Å². The maximum absolute atomic E-state index is 12.4. The Kier molecular flexibility index (Phi) is 7.03. The molecule has 0 saturated heterocycles. The van der Waals surface area contributed by atoms with E-state index in [4.69, 9.17) is 0 Å². The van der Waals surface area contributed by atoms with Crippen molar-refractivity contribution in [3.8, 4) is 0 Å². The van der Waals surface area contributed by atoms with Gasteiger partial charge in [0.2, 0.25) is 0 Å². The van der Waals surface area contributed by atoms with Crippen LogP contribution < -0.4 is 21.3 Å². The van der Waals surface area contributed by atoms with Crippen LogP contribution in [-0.4, -0.2) is 16.0 Å². The summed E-state index contributed by atoms with van der Waals surface area (Å²) in [5.74, 6) is 2.04. The predicted octanol–water partition coefficient (Wildman–Crippen LogP) is 6.79. The van der Waals surface area contributed by atoms with E-state index >= 15 is 0 Å². The van der Waals surface area contributed by atoms with Crippen molar-refractivity contribution in [2.75, 3.05) is 21.3 Å². The van der Waals surface area contributed by atoms with Crippen molar-refractivity contribution in [3.05, 3.63) is 95.8 Å². The number of aryl methyl sites for hydroxylation is 3. The number of rotatable bonds is 7. The third-order valence-electron chi connectivity index (χ3n) is 5.22. The van der Waals surface area contributed by atoms with Gasteiger partial charge in [-0.25, -0.2) is 14.8 Å². The average molecular weight is 453 g/mol. The summed E-state index contributed by atoms with van der Waals surface area (Å²) in [6.45, 7) is 5.97. The van der Waals surface area contributed by atoms with Gasteiger partial charge in [-0.05, 0) is 68.3 Å². The molecule has 3 aromatic carbocycles. The Labute approximate surface area is 199 Å². The molecule has 4 N–H and O–H groups in total. The SMILES string of the molecule is CCc1ccccc1NC(=O)Nc1ccc(Nc2cc(Nc3ccc(C)cc3)nc(C)n2)cc1. The van der Waals surface area contributed by atoms with Crippen LogP contribution in [0.3, 0.4) is 0 Å². The van der Waals surface area contributed by atoms with Crippen molar-refractivity contribution in [2.45, 2.75) is 27.2 Å². The highest BCUT2D eigenvalue weighted by atomic mass is 16.2. The minimum atomic E-state index is -0.278. The Morgan fingerprint density at radius 1 is 0.735 bits per heavy atom. The zero-order valence-electron chi connectivity index (χ0n) is 19.5. The minimum Gasteiger partial charge on any atom is -0.340 e. The van der Waals surface area contributed by atoms with E-state index in [-0.39, 0.29) is 6.03 Å². The Morgan fingerprint density at radius 2 is 1.29 bits per heavy atom. The van der Waals surface area contributed by atoms with Crippen LogP contribution in [0.4, 0.5) is 39.2 Å². The summed E-state index contributed by atoms with van der Waals surface area (Å²) in [6.07, 6.45) is 0.849. The van der Waals surface area contributed by atoms with Crippen molar-refractivity contribution >= 4 is 40.4 Å². The lowest BCUT2D eigenvalue weighted by atomic mass is 10.1. The van der Waals surface area contributed by atoms with Crippen molar-refractivity contribution < 1.29 is 4.79 Å². The number of nitrogens with zero attached hydrogens (tertiary/aromatic N) is 2. The number of amides is 2. The van der Waals surface area contributed by atoms with E-state index in [0.29, 0.717) is 23.1 Å². The van der Waals surface area contributed by atoms with Gasteiger partial charge >= 0.3 is 6.03 Å². The normalized spacial score (nSPS) is 10.4. The number of benzene rings is 3. The van der Waals surface area contributed by atoms with Crippen LogP contribution in [0.15, 0.2) is 78.9 Å². The van der Waals surface area contributed by atoms with Crippen LogP contribution in [0, 0.1) is 13.8 Å². The molecular weight excluding hydrogens is 424 g/mol. The number of hydrogen-bond donors (Lipinski definition) is 4. The number of nitrogens with one attached hydrogen (secondary N) is 4.